The van der Waals surface area contributed by atoms with Gasteiger partial charge in [0, 0.05) is 11.5 Å². The lowest BCUT2D eigenvalue weighted by molar-refractivity contribution is 0.112. The number of hydrogen-bond donors (Lipinski definition) is 0. The van der Waals surface area contributed by atoms with Gasteiger partial charge in [0.25, 0.3) is 0 Å². The second-order valence-corrected chi connectivity index (χ2v) is 3.80. The predicted octanol–water partition coefficient (Wildman–Crippen LogP) is 1.71. The van der Waals surface area contributed by atoms with Crippen LogP contribution in [-0.2, 0) is 7.05 Å². The lowest BCUT2D eigenvalue weighted by Gasteiger charge is -1.95. The Hall–Kier alpha value is -1.36. The second kappa shape index (κ2) is 3.09. The van der Waals surface area contributed by atoms with Gasteiger partial charge in [-0.15, -0.1) is 0 Å². The van der Waals surface area contributed by atoms with Crippen LogP contribution in [0.5, 0.6) is 0 Å². The van der Waals surface area contributed by atoms with Gasteiger partial charge in [-0.1, -0.05) is 15.9 Å². The van der Waals surface area contributed by atoms with Crippen molar-refractivity contribution in [3.8, 4) is 0 Å². The molecule has 0 bridgehead atoms. The summed E-state index contributed by atoms with van der Waals surface area (Å²) in [7, 11) is 1.59. The van der Waals surface area contributed by atoms with Gasteiger partial charge in [0.15, 0.2) is 11.9 Å². The zero-order valence-electron chi connectivity index (χ0n) is 7.28. The first kappa shape index (κ1) is 9.21. The number of oxazole rings is 1. The maximum atomic E-state index is 11.2. The Bertz CT molecular complexity index is 567. The molecule has 2 aromatic rings. The van der Waals surface area contributed by atoms with Gasteiger partial charge in [-0.05, 0) is 12.1 Å². The zero-order valence-corrected chi connectivity index (χ0v) is 8.87. The van der Waals surface area contributed by atoms with Crippen LogP contribution in [0.25, 0.3) is 11.1 Å². The predicted molar refractivity (Wildman–Crippen MR) is 54.5 cm³/mol. The lowest BCUT2D eigenvalue weighted by atomic mass is 10.2. The molecule has 0 unspecified atom stereocenters. The average Bonchev–Trinajstić information content (AvgIpc) is 2.43. The summed E-state index contributed by atoms with van der Waals surface area (Å²) < 4.78 is 7.02. The summed E-state index contributed by atoms with van der Waals surface area (Å²) in [5.74, 6) is -0.471. The average molecular weight is 256 g/mol. The molecule has 0 aliphatic carbocycles. The number of carbonyl (C=O) groups is 1. The SMILES string of the molecule is Cn1c(=O)oc2c(C=O)cc(Br)cc21. The molecule has 0 aliphatic rings. The molecular weight excluding hydrogens is 250 g/mol. The van der Waals surface area contributed by atoms with Crippen molar-refractivity contribution in [2.24, 2.45) is 7.05 Å². The summed E-state index contributed by atoms with van der Waals surface area (Å²) >= 11 is 3.25. The van der Waals surface area contributed by atoms with Gasteiger partial charge in [0.1, 0.15) is 0 Å². The van der Waals surface area contributed by atoms with Gasteiger partial charge >= 0.3 is 5.76 Å². The molecule has 0 spiro atoms. The molecule has 0 aliphatic heterocycles. The molecule has 0 saturated carbocycles. The van der Waals surface area contributed by atoms with E-state index >= 15 is 0 Å². The Morgan fingerprint density at radius 3 is 2.86 bits per heavy atom. The van der Waals surface area contributed by atoms with Crippen molar-refractivity contribution in [1.29, 1.82) is 0 Å². The summed E-state index contributed by atoms with van der Waals surface area (Å²) in [5, 5.41) is 0. The highest BCUT2D eigenvalue weighted by atomic mass is 79.9. The third-order valence-electron chi connectivity index (χ3n) is 2.01. The van der Waals surface area contributed by atoms with Crippen LogP contribution in [0.15, 0.2) is 25.8 Å². The highest BCUT2D eigenvalue weighted by molar-refractivity contribution is 9.10. The van der Waals surface area contributed by atoms with Crippen LogP contribution in [0, 0.1) is 0 Å². The molecule has 4 nitrogen and oxygen atoms in total. The van der Waals surface area contributed by atoms with Crippen molar-refractivity contribution in [2.75, 3.05) is 0 Å². The minimum Gasteiger partial charge on any atom is -0.407 e. The molecule has 0 saturated heterocycles. The molecule has 1 aromatic heterocycles. The topological polar surface area (TPSA) is 52.2 Å². The van der Waals surface area contributed by atoms with Gasteiger partial charge in [-0.25, -0.2) is 4.79 Å². The van der Waals surface area contributed by atoms with Crippen LogP contribution in [0.1, 0.15) is 10.4 Å². The summed E-state index contributed by atoms with van der Waals surface area (Å²) in [6.07, 6.45) is 0.663. The summed E-state index contributed by atoms with van der Waals surface area (Å²) in [5.41, 5.74) is 1.30. The van der Waals surface area contributed by atoms with E-state index in [0.717, 1.165) is 4.47 Å². The number of benzene rings is 1. The molecule has 0 radical (unpaired) electrons. The van der Waals surface area contributed by atoms with Crippen molar-refractivity contribution in [2.45, 2.75) is 0 Å². The van der Waals surface area contributed by atoms with Crippen molar-refractivity contribution in [3.05, 3.63) is 32.7 Å². The first-order chi connectivity index (χ1) is 6.63. The van der Waals surface area contributed by atoms with E-state index in [9.17, 15) is 9.59 Å². The first-order valence-electron chi connectivity index (χ1n) is 3.87. The maximum Gasteiger partial charge on any atom is 0.419 e. The van der Waals surface area contributed by atoms with E-state index in [1.54, 1.807) is 19.2 Å². The number of rotatable bonds is 1. The molecule has 5 heteroatoms. The van der Waals surface area contributed by atoms with E-state index in [1.165, 1.54) is 4.57 Å². The van der Waals surface area contributed by atoms with Crippen LogP contribution in [0.4, 0.5) is 0 Å². The molecule has 0 atom stereocenters. The fourth-order valence-corrected chi connectivity index (χ4v) is 1.77. The van der Waals surface area contributed by atoms with E-state index < -0.39 is 5.76 Å². The number of fused-ring (bicyclic) bond motifs is 1. The number of aryl methyl sites for hydroxylation is 1. The third-order valence-corrected chi connectivity index (χ3v) is 2.47. The molecule has 1 heterocycles. The quantitative estimate of drug-likeness (QED) is 0.730. The van der Waals surface area contributed by atoms with E-state index in [-0.39, 0.29) is 0 Å². The summed E-state index contributed by atoms with van der Waals surface area (Å²) in [4.78, 5) is 21.9. The molecule has 0 N–H and O–H groups in total. The lowest BCUT2D eigenvalue weighted by Crippen LogP contribution is -2.08. The Balaban J connectivity index is 3.02. The van der Waals surface area contributed by atoms with Gasteiger partial charge in [-0.2, -0.15) is 0 Å². The number of aldehydes is 1. The van der Waals surface area contributed by atoms with Gasteiger partial charge in [-0.3, -0.25) is 9.36 Å². The Morgan fingerprint density at radius 1 is 1.50 bits per heavy atom. The van der Waals surface area contributed by atoms with Crippen molar-refractivity contribution >= 4 is 33.3 Å². The minimum atomic E-state index is -0.471. The van der Waals surface area contributed by atoms with E-state index in [4.69, 9.17) is 4.42 Å². The van der Waals surface area contributed by atoms with E-state index in [0.29, 0.717) is 22.9 Å². The summed E-state index contributed by atoms with van der Waals surface area (Å²) in [6, 6.07) is 3.34. The molecule has 72 valence electrons. The fraction of sp³-hybridized carbons (Fsp3) is 0.111. The van der Waals surface area contributed by atoms with Gasteiger partial charge in [0.2, 0.25) is 0 Å². The van der Waals surface area contributed by atoms with Crippen LogP contribution in [-0.4, -0.2) is 10.9 Å². The Labute approximate surface area is 87.3 Å². The number of aromatic nitrogens is 1. The third kappa shape index (κ3) is 1.21. The Kier molecular flexibility index (Phi) is 2.03. The Morgan fingerprint density at radius 2 is 2.21 bits per heavy atom. The number of nitrogens with zero attached hydrogens (tertiary/aromatic N) is 1. The molecule has 0 amide bonds. The number of carbonyl (C=O) groups excluding carboxylic acids is 1. The van der Waals surface area contributed by atoms with E-state index in [2.05, 4.69) is 15.9 Å². The second-order valence-electron chi connectivity index (χ2n) is 2.89. The highest BCUT2D eigenvalue weighted by Crippen LogP contribution is 2.21. The van der Waals surface area contributed by atoms with Crippen LogP contribution in [0.3, 0.4) is 0 Å². The maximum absolute atomic E-state index is 11.2. The zero-order chi connectivity index (χ0) is 10.3. The largest absolute Gasteiger partial charge is 0.419 e. The molecule has 2 rings (SSSR count). The van der Waals surface area contributed by atoms with E-state index in [1.807, 2.05) is 0 Å². The van der Waals surface area contributed by atoms with Crippen molar-refractivity contribution < 1.29 is 9.21 Å². The standard InChI is InChI=1S/C9H6BrNO3/c1-11-7-3-6(10)2-5(4-12)8(7)14-9(11)13/h2-4H,1H3. The molecule has 14 heavy (non-hydrogen) atoms. The van der Waals surface area contributed by atoms with Crippen LogP contribution < -0.4 is 5.76 Å². The minimum absolute atomic E-state index is 0.329. The molecular formula is C9H6BrNO3. The van der Waals surface area contributed by atoms with Gasteiger partial charge < -0.3 is 4.42 Å². The molecule has 0 fully saturated rings. The normalized spacial score (nSPS) is 10.7. The number of hydrogen-bond acceptors (Lipinski definition) is 3. The monoisotopic (exact) mass is 255 g/mol. The van der Waals surface area contributed by atoms with Crippen LogP contribution in [0.2, 0.25) is 0 Å². The molecule has 1 aromatic carbocycles. The first-order valence-corrected chi connectivity index (χ1v) is 4.67. The number of halogens is 1. The van der Waals surface area contributed by atoms with Crippen LogP contribution >= 0.6 is 15.9 Å². The van der Waals surface area contributed by atoms with Gasteiger partial charge in [0.05, 0.1) is 11.1 Å². The van der Waals surface area contributed by atoms with Crippen molar-refractivity contribution in [3.63, 3.8) is 0 Å². The van der Waals surface area contributed by atoms with Crippen molar-refractivity contribution in [1.82, 2.24) is 4.57 Å². The summed E-state index contributed by atoms with van der Waals surface area (Å²) in [6.45, 7) is 0. The fourth-order valence-electron chi connectivity index (χ4n) is 1.30. The highest BCUT2D eigenvalue weighted by Gasteiger charge is 2.10. The smallest absolute Gasteiger partial charge is 0.407 e.